The first kappa shape index (κ1) is 27.8. The van der Waals surface area contributed by atoms with Crippen molar-refractivity contribution in [1.82, 2.24) is 0 Å². The maximum atomic E-state index is 9.83. The Hall–Kier alpha value is -2.52. The van der Waals surface area contributed by atoms with E-state index in [0.29, 0.717) is 0 Å². The van der Waals surface area contributed by atoms with Crippen LogP contribution < -0.4 is 15.3 Å². The number of hydrogen-bond acceptors (Lipinski definition) is 9. The molecule has 0 aromatic carbocycles. The number of ketones is 3. The summed E-state index contributed by atoms with van der Waals surface area (Å²) in [6.07, 6.45) is -1.42. The van der Waals surface area contributed by atoms with E-state index < -0.39 is 37.2 Å². The third-order valence-electron chi connectivity index (χ3n) is 1.18. The molecule has 0 rings (SSSR count). The summed E-state index contributed by atoms with van der Waals surface area (Å²) >= 11 is 0. The van der Waals surface area contributed by atoms with Gasteiger partial charge in [-0.2, -0.15) is 0 Å². The van der Waals surface area contributed by atoms with Crippen LogP contribution >= 0.6 is 0 Å². The van der Waals surface area contributed by atoms with E-state index in [9.17, 15) is 44.1 Å². The maximum absolute atomic E-state index is 9.83. The minimum absolute atomic E-state index is 0. The van der Waals surface area contributed by atoms with Gasteiger partial charge in [0.15, 0.2) is 0 Å². The second kappa shape index (κ2) is 16.5. The zero-order chi connectivity index (χ0) is 17.6. The van der Waals surface area contributed by atoms with Gasteiger partial charge in [0.2, 0.25) is 0 Å². The largest absolute Gasteiger partial charge is 3.00 e. The van der Waals surface area contributed by atoms with Gasteiger partial charge in [-0.25, -0.2) is 0 Å². The van der Waals surface area contributed by atoms with Crippen molar-refractivity contribution in [2.75, 3.05) is 0 Å². The molecule has 9 nitrogen and oxygen atoms in total. The van der Waals surface area contributed by atoms with E-state index in [-0.39, 0.29) is 25.8 Å². The monoisotopic (exact) mass is 314 g/mol. The van der Waals surface area contributed by atoms with Gasteiger partial charge in [-0.3, -0.25) is 14.4 Å². The average Bonchev–Trinajstić information content (AvgIpc) is 2.10. The summed E-state index contributed by atoms with van der Waals surface area (Å²) in [7, 11) is 0. The Bertz CT molecular complexity index is 317. The Balaban J connectivity index is -0.000000108. The van der Waals surface area contributed by atoms with E-state index in [1.54, 1.807) is 0 Å². The predicted molar refractivity (Wildman–Crippen MR) is 66.7 cm³/mol. The molecule has 0 saturated heterocycles. The van der Waals surface area contributed by atoms with Crippen LogP contribution in [0.3, 0.4) is 0 Å². The molecular formula is C12H15BO9. The summed E-state index contributed by atoms with van der Waals surface area (Å²) in [5, 5.41) is 28.4. The van der Waals surface area contributed by atoms with E-state index in [0.717, 1.165) is 0 Å². The second-order valence-corrected chi connectivity index (χ2v) is 3.75. The SMILES string of the molecule is CC(=O)CC(=O)[O-].CC(=O)CC(=O)[O-].CC(=O)CC(=O)[O-].[B+3]. The number of carbonyl (C=O) groups excluding carboxylic acids is 6. The quantitative estimate of drug-likeness (QED) is 0.347. The third kappa shape index (κ3) is 52.8. The molecule has 0 N–H and O–H groups in total. The van der Waals surface area contributed by atoms with Crippen LogP contribution in [0.15, 0.2) is 0 Å². The molecule has 0 aliphatic carbocycles. The summed E-state index contributed by atoms with van der Waals surface area (Å²) in [6.45, 7) is 3.61. The zero-order valence-electron chi connectivity index (χ0n) is 12.4. The van der Waals surface area contributed by atoms with Gasteiger partial charge in [-0.1, -0.05) is 0 Å². The second-order valence-electron chi connectivity index (χ2n) is 3.75. The molecule has 0 aromatic rings. The molecule has 0 heterocycles. The Labute approximate surface area is 128 Å². The third-order valence-corrected chi connectivity index (χ3v) is 1.18. The molecule has 22 heavy (non-hydrogen) atoms. The molecule has 0 amide bonds. The number of rotatable bonds is 6. The van der Waals surface area contributed by atoms with E-state index in [2.05, 4.69) is 0 Å². The van der Waals surface area contributed by atoms with Crippen LogP contribution in [0.25, 0.3) is 0 Å². The predicted octanol–water partition coefficient (Wildman–Crippen LogP) is -4.23. The fraction of sp³-hybridized carbons (Fsp3) is 0.500. The van der Waals surface area contributed by atoms with Crippen molar-refractivity contribution in [3.05, 3.63) is 0 Å². The van der Waals surface area contributed by atoms with Crippen molar-refractivity contribution < 1.29 is 44.1 Å². The Morgan fingerprint density at radius 1 is 0.545 bits per heavy atom. The molecule has 0 aliphatic heterocycles. The molecule has 0 radical (unpaired) electrons. The Morgan fingerprint density at radius 3 is 0.682 bits per heavy atom. The van der Waals surface area contributed by atoms with Crippen LogP contribution in [-0.4, -0.2) is 43.7 Å². The van der Waals surface area contributed by atoms with Crippen molar-refractivity contribution in [2.24, 2.45) is 0 Å². The van der Waals surface area contributed by atoms with Gasteiger partial charge in [0.25, 0.3) is 0 Å². The number of carboxylic acid groups (broad SMARTS) is 3. The number of Topliss-reactive ketones (excluding diaryl/α,β-unsaturated/α-hetero) is 3. The molecule has 0 atom stereocenters. The van der Waals surface area contributed by atoms with Crippen molar-refractivity contribution in [1.29, 1.82) is 0 Å². The van der Waals surface area contributed by atoms with E-state index in [1.807, 2.05) is 0 Å². The summed E-state index contributed by atoms with van der Waals surface area (Å²) in [5.74, 6) is -5.06. The molecule has 0 fully saturated rings. The maximum Gasteiger partial charge on any atom is 3.00 e. The van der Waals surface area contributed by atoms with Gasteiger partial charge in [-0.15, -0.1) is 0 Å². The molecule has 0 aromatic heterocycles. The topological polar surface area (TPSA) is 172 Å². The van der Waals surface area contributed by atoms with Gasteiger partial charge in [0.1, 0.15) is 17.3 Å². The first-order chi connectivity index (χ1) is 9.38. The van der Waals surface area contributed by atoms with Gasteiger partial charge in [-0.05, 0) is 20.8 Å². The normalized spacial score (nSPS) is 7.77. The first-order valence-electron chi connectivity index (χ1n) is 5.46. The van der Waals surface area contributed by atoms with Crippen molar-refractivity contribution in [2.45, 2.75) is 40.0 Å². The first-order valence-corrected chi connectivity index (χ1v) is 5.46. The van der Waals surface area contributed by atoms with Crippen molar-refractivity contribution >= 4 is 43.7 Å². The molecule has 10 heteroatoms. The van der Waals surface area contributed by atoms with Crippen molar-refractivity contribution in [3.63, 3.8) is 0 Å². The average molecular weight is 314 g/mol. The summed E-state index contributed by atoms with van der Waals surface area (Å²) in [6, 6.07) is 0. The van der Waals surface area contributed by atoms with Gasteiger partial charge in [0.05, 0.1) is 0 Å². The smallest absolute Gasteiger partial charge is 0.550 e. The van der Waals surface area contributed by atoms with E-state index in [4.69, 9.17) is 0 Å². The van der Waals surface area contributed by atoms with Crippen LogP contribution in [0.5, 0.6) is 0 Å². The van der Waals surface area contributed by atoms with Crippen LogP contribution in [0, 0.1) is 0 Å². The summed E-state index contributed by atoms with van der Waals surface area (Å²) in [5.41, 5.74) is 0. The fourth-order valence-electron chi connectivity index (χ4n) is 0.610. The molecule has 0 saturated carbocycles. The molecule has 0 bridgehead atoms. The van der Waals surface area contributed by atoms with Crippen LogP contribution in [0.1, 0.15) is 40.0 Å². The minimum Gasteiger partial charge on any atom is -0.550 e. The molecule has 0 spiro atoms. The van der Waals surface area contributed by atoms with Gasteiger partial charge < -0.3 is 29.7 Å². The van der Waals surface area contributed by atoms with Gasteiger partial charge in [0, 0.05) is 37.2 Å². The van der Waals surface area contributed by atoms with E-state index in [1.165, 1.54) is 20.8 Å². The fourth-order valence-corrected chi connectivity index (χ4v) is 0.610. The van der Waals surface area contributed by atoms with Gasteiger partial charge >= 0.3 is 8.41 Å². The number of aliphatic carboxylic acids is 3. The molecule has 0 unspecified atom stereocenters. The summed E-state index contributed by atoms with van der Waals surface area (Å²) in [4.78, 5) is 57.9. The van der Waals surface area contributed by atoms with Crippen molar-refractivity contribution in [3.8, 4) is 0 Å². The number of carboxylic acids is 3. The van der Waals surface area contributed by atoms with Crippen LogP contribution in [0.4, 0.5) is 0 Å². The molecular weight excluding hydrogens is 299 g/mol. The molecule has 0 aliphatic rings. The van der Waals surface area contributed by atoms with Crippen LogP contribution in [0.2, 0.25) is 0 Å². The standard InChI is InChI=1S/3C4H6O3.B/c3*1-3(5)2-4(6)7;/h3*2H2,1H3,(H,6,7);/q;;;+3/p-3. The number of hydrogen-bond donors (Lipinski definition) is 0. The van der Waals surface area contributed by atoms with E-state index >= 15 is 0 Å². The Kier molecular flexibility index (Phi) is 20.9. The zero-order valence-corrected chi connectivity index (χ0v) is 12.4. The summed E-state index contributed by atoms with van der Waals surface area (Å²) < 4.78 is 0. The minimum atomic E-state index is -1.31. The molecule has 120 valence electrons. The van der Waals surface area contributed by atoms with Crippen LogP contribution in [-0.2, 0) is 28.8 Å². The number of carbonyl (C=O) groups is 6. The Morgan fingerprint density at radius 2 is 0.682 bits per heavy atom.